The molecule has 0 bridgehead atoms. The van der Waals surface area contributed by atoms with E-state index in [9.17, 15) is 8.42 Å². The van der Waals surface area contributed by atoms with E-state index in [4.69, 9.17) is 26.8 Å². The second-order valence-electron chi connectivity index (χ2n) is 2.57. The second-order valence-corrected chi connectivity index (χ2v) is 5.49. The normalized spacial score (nSPS) is 12.1. The van der Waals surface area contributed by atoms with Gasteiger partial charge in [-0.15, -0.1) is 0 Å². The molecule has 4 nitrogen and oxygen atoms in total. The highest BCUT2D eigenvalue weighted by Gasteiger charge is 2.13. The number of rotatable bonds is 1. The largest absolute Gasteiger partial charge is 0.355 e. The van der Waals surface area contributed by atoms with Crippen LogP contribution in [0.25, 0.3) is 11.0 Å². The van der Waals surface area contributed by atoms with E-state index < -0.39 is 9.05 Å². The van der Waals surface area contributed by atoms with Crippen molar-refractivity contribution in [2.75, 3.05) is 0 Å². The summed E-state index contributed by atoms with van der Waals surface area (Å²) in [5.74, 6) is 0. The summed E-state index contributed by atoms with van der Waals surface area (Å²) in [4.78, 5) is -0.0421. The SMILES string of the molecule is O=S(=O)(Cl)c1ccc2c(Cl)noc2c1. The molecule has 0 saturated carbocycles. The summed E-state index contributed by atoms with van der Waals surface area (Å²) in [6.45, 7) is 0. The Morgan fingerprint density at radius 2 is 2.07 bits per heavy atom. The number of aromatic nitrogens is 1. The summed E-state index contributed by atoms with van der Waals surface area (Å²) in [6.07, 6.45) is 0. The van der Waals surface area contributed by atoms with E-state index in [1.807, 2.05) is 0 Å². The molecule has 2 aromatic rings. The number of fused-ring (bicyclic) bond motifs is 1. The first-order valence-corrected chi connectivity index (χ1v) is 6.17. The lowest BCUT2D eigenvalue weighted by atomic mass is 10.3. The molecule has 0 amide bonds. The number of hydrogen-bond acceptors (Lipinski definition) is 4. The Balaban J connectivity index is 2.76. The van der Waals surface area contributed by atoms with E-state index in [0.717, 1.165) is 0 Å². The highest BCUT2D eigenvalue weighted by atomic mass is 35.7. The first kappa shape index (κ1) is 9.76. The van der Waals surface area contributed by atoms with E-state index in [0.29, 0.717) is 5.39 Å². The van der Waals surface area contributed by atoms with E-state index >= 15 is 0 Å². The van der Waals surface area contributed by atoms with Gasteiger partial charge in [-0.3, -0.25) is 0 Å². The fourth-order valence-electron chi connectivity index (χ4n) is 1.04. The summed E-state index contributed by atoms with van der Waals surface area (Å²) in [6, 6.07) is 4.10. The summed E-state index contributed by atoms with van der Waals surface area (Å²) < 4.78 is 26.7. The van der Waals surface area contributed by atoms with Gasteiger partial charge in [-0.2, -0.15) is 0 Å². The van der Waals surface area contributed by atoms with Gasteiger partial charge in [0.25, 0.3) is 9.05 Å². The predicted molar refractivity (Wildman–Crippen MR) is 52.1 cm³/mol. The Kier molecular flexibility index (Phi) is 2.17. The number of hydrogen-bond donors (Lipinski definition) is 0. The standard InChI is InChI=1S/C7H3Cl2NO3S/c8-7-5-2-1-4(14(9,11)12)3-6(5)13-10-7/h1-3H. The first-order valence-electron chi connectivity index (χ1n) is 3.48. The Labute approximate surface area is 88.8 Å². The number of halogens is 2. The number of benzene rings is 1. The smallest absolute Gasteiger partial charge is 0.261 e. The van der Waals surface area contributed by atoms with Crippen LogP contribution in [0.3, 0.4) is 0 Å². The van der Waals surface area contributed by atoms with Crippen LogP contribution in [0.2, 0.25) is 5.15 Å². The average molecular weight is 252 g/mol. The quantitative estimate of drug-likeness (QED) is 0.731. The summed E-state index contributed by atoms with van der Waals surface area (Å²) in [7, 11) is 1.40. The maximum Gasteiger partial charge on any atom is 0.261 e. The van der Waals surface area contributed by atoms with Crippen LogP contribution < -0.4 is 0 Å². The molecule has 74 valence electrons. The Morgan fingerprint density at radius 1 is 1.36 bits per heavy atom. The maximum absolute atomic E-state index is 11.0. The molecule has 0 unspecified atom stereocenters. The molecule has 0 spiro atoms. The molecule has 14 heavy (non-hydrogen) atoms. The third kappa shape index (κ3) is 1.58. The van der Waals surface area contributed by atoms with Crippen LogP contribution >= 0.6 is 22.3 Å². The monoisotopic (exact) mass is 251 g/mol. The second kappa shape index (κ2) is 3.12. The van der Waals surface area contributed by atoms with Crippen molar-refractivity contribution in [2.45, 2.75) is 4.90 Å². The molecular formula is C7H3Cl2NO3S. The topological polar surface area (TPSA) is 60.2 Å². The highest BCUT2D eigenvalue weighted by Crippen LogP contribution is 2.26. The van der Waals surface area contributed by atoms with Gasteiger partial charge in [0.1, 0.15) is 0 Å². The van der Waals surface area contributed by atoms with Gasteiger partial charge in [0.2, 0.25) is 0 Å². The van der Waals surface area contributed by atoms with Gasteiger partial charge >= 0.3 is 0 Å². The van der Waals surface area contributed by atoms with Crippen molar-refractivity contribution in [3.63, 3.8) is 0 Å². The van der Waals surface area contributed by atoms with Crippen molar-refractivity contribution in [1.29, 1.82) is 0 Å². The van der Waals surface area contributed by atoms with Gasteiger partial charge in [-0.1, -0.05) is 16.8 Å². The highest BCUT2D eigenvalue weighted by molar-refractivity contribution is 8.13. The zero-order valence-corrected chi connectivity index (χ0v) is 8.90. The zero-order chi connectivity index (χ0) is 10.3. The molecule has 0 N–H and O–H groups in total. The van der Waals surface area contributed by atoms with Crippen LogP contribution in [0.15, 0.2) is 27.6 Å². The van der Waals surface area contributed by atoms with Crippen molar-refractivity contribution in [3.8, 4) is 0 Å². The summed E-state index contributed by atoms with van der Waals surface area (Å²) in [5.41, 5.74) is 0.289. The van der Waals surface area contributed by atoms with E-state index in [2.05, 4.69) is 5.16 Å². The van der Waals surface area contributed by atoms with E-state index in [1.54, 1.807) is 0 Å². The molecule has 0 radical (unpaired) electrons. The molecule has 1 aromatic heterocycles. The van der Waals surface area contributed by atoms with Crippen molar-refractivity contribution >= 4 is 42.3 Å². The van der Waals surface area contributed by atoms with Gasteiger partial charge in [-0.05, 0) is 12.1 Å². The molecule has 0 aliphatic rings. The van der Waals surface area contributed by atoms with E-state index in [1.165, 1.54) is 18.2 Å². The third-order valence-electron chi connectivity index (χ3n) is 1.68. The molecule has 2 rings (SSSR count). The lowest BCUT2D eigenvalue weighted by Crippen LogP contribution is -1.88. The van der Waals surface area contributed by atoms with Crippen molar-refractivity contribution in [3.05, 3.63) is 23.4 Å². The van der Waals surface area contributed by atoms with Crippen LogP contribution in [-0.2, 0) is 9.05 Å². The molecule has 0 aliphatic carbocycles. The van der Waals surface area contributed by atoms with Crippen LogP contribution in [-0.4, -0.2) is 13.6 Å². The van der Waals surface area contributed by atoms with Gasteiger partial charge in [0.05, 0.1) is 10.3 Å². The predicted octanol–water partition coefficient (Wildman–Crippen LogP) is 2.41. The zero-order valence-electron chi connectivity index (χ0n) is 6.57. The lowest BCUT2D eigenvalue weighted by molar-refractivity contribution is 0.456. The number of nitrogens with zero attached hydrogens (tertiary/aromatic N) is 1. The maximum atomic E-state index is 11.0. The molecular weight excluding hydrogens is 249 g/mol. The Morgan fingerprint density at radius 3 is 2.71 bits per heavy atom. The van der Waals surface area contributed by atoms with Crippen LogP contribution in [0.1, 0.15) is 0 Å². The molecule has 0 aliphatic heterocycles. The third-order valence-corrected chi connectivity index (χ3v) is 3.31. The minimum absolute atomic E-state index is 0.0421. The van der Waals surface area contributed by atoms with Gasteiger partial charge in [-0.25, -0.2) is 8.42 Å². The Bertz CT molecular complexity index is 590. The molecule has 7 heteroatoms. The van der Waals surface area contributed by atoms with Crippen molar-refractivity contribution in [2.24, 2.45) is 0 Å². The summed E-state index contributed by atoms with van der Waals surface area (Å²) in [5, 5.41) is 4.22. The van der Waals surface area contributed by atoms with Gasteiger partial charge in [0.15, 0.2) is 10.7 Å². The van der Waals surface area contributed by atoms with Gasteiger partial charge in [0, 0.05) is 16.7 Å². The fraction of sp³-hybridized carbons (Fsp3) is 0. The van der Waals surface area contributed by atoms with Crippen molar-refractivity contribution in [1.82, 2.24) is 5.16 Å². The lowest BCUT2D eigenvalue weighted by Gasteiger charge is -1.93. The van der Waals surface area contributed by atoms with Gasteiger partial charge < -0.3 is 4.52 Å². The minimum atomic E-state index is -3.74. The van der Waals surface area contributed by atoms with Crippen LogP contribution in [0.5, 0.6) is 0 Å². The molecule has 0 fully saturated rings. The summed E-state index contributed by atoms with van der Waals surface area (Å²) >= 11 is 5.65. The molecule has 0 saturated heterocycles. The Hall–Kier alpha value is -0.780. The fourth-order valence-corrected chi connectivity index (χ4v) is 2.00. The molecule has 0 atom stereocenters. The first-order chi connectivity index (χ1) is 6.48. The minimum Gasteiger partial charge on any atom is -0.355 e. The van der Waals surface area contributed by atoms with E-state index in [-0.39, 0.29) is 15.6 Å². The van der Waals surface area contributed by atoms with Crippen LogP contribution in [0.4, 0.5) is 0 Å². The molecule has 1 aromatic carbocycles. The molecule has 1 heterocycles. The van der Waals surface area contributed by atoms with Crippen LogP contribution in [0, 0.1) is 0 Å². The average Bonchev–Trinajstić information content (AvgIpc) is 2.46. The van der Waals surface area contributed by atoms with Crippen molar-refractivity contribution < 1.29 is 12.9 Å².